The maximum Gasteiger partial charge on any atom is 0.405 e. The lowest BCUT2D eigenvalue weighted by molar-refractivity contribution is -0.198. The zero-order chi connectivity index (χ0) is 27.6. The number of nitrogens with one attached hydrogen (secondary N) is 1. The van der Waals surface area contributed by atoms with Crippen LogP contribution >= 0.6 is 11.6 Å². The van der Waals surface area contributed by atoms with Crippen molar-refractivity contribution in [1.82, 2.24) is 15.3 Å². The van der Waals surface area contributed by atoms with Crippen LogP contribution < -0.4 is 5.32 Å². The van der Waals surface area contributed by atoms with E-state index in [0.717, 1.165) is 11.8 Å². The van der Waals surface area contributed by atoms with E-state index < -0.39 is 34.6 Å². The number of hydrazine groups is 1. The molecule has 10 heteroatoms. The molecule has 4 N–H and O–H groups in total. The molecular formula is C27H40ClN3O6. The van der Waals surface area contributed by atoms with Gasteiger partial charge in [0, 0.05) is 41.6 Å². The number of aliphatic hydroxyl groups excluding tert-OH is 1. The summed E-state index contributed by atoms with van der Waals surface area (Å²) < 4.78 is 0. The molecule has 0 spiro atoms. The third-order valence-corrected chi connectivity index (χ3v) is 8.56. The second kappa shape index (κ2) is 11.3. The molecular weight excluding hydrogens is 498 g/mol. The Morgan fingerprint density at radius 2 is 1.89 bits per heavy atom. The molecule has 2 aliphatic rings. The Hall–Kier alpha value is -2.20. The number of carbonyl (C=O) groups excluding carboxylic acids is 2. The number of nitrogens with zero attached hydrogens (tertiary/aromatic N) is 2. The first-order valence-corrected chi connectivity index (χ1v) is 13.3. The Labute approximate surface area is 223 Å². The molecule has 0 bridgehead atoms. The largest absolute Gasteiger partial charge is 0.465 e. The second-order valence-corrected chi connectivity index (χ2v) is 12.0. The van der Waals surface area contributed by atoms with E-state index in [9.17, 15) is 29.7 Å². The molecule has 1 saturated carbocycles. The van der Waals surface area contributed by atoms with Gasteiger partial charge in [-0.25, -0.2) is 9.80 Å². The number of carbonyl (C=O) groups is 3. The quantitative estimate of drug-likeness (QED) is 0.355. The number of halogens is 1. The van der Waals surface area contributed by atoms with E-state index in [1.54, 1.807) is 17.1 Å². The lowest BCUT2D eigenvalue weighted by Gasteiger charge is -2.54. The first kappa shape index (κ1) is 29.4. The van der Waals surface area contributed by atoms with Crippen LogP contribution in [0.15, 0.2) is 24.3 Å². The van der Waals surface area contributed by atoms with Gasteiger partial charge in [0.05, 0.1) is 5.60 Å². The van der Waals surface area contributed by atoms with Crippen LogP contribution in [0.1, 0.15) is 65.4 Å². The summed E-state index contributed by atoms with van der Waals surface area (Å²) in [5.74, 6) is -0.882. The lowest BCUT2D eigenvalue weighted by Crippen LogP contribution is -2.64. The van der Waals surface area contributed by atoms with Gasteiger partial charge >= 0.3 is 6.09 Å². The fraction of sp³-hybridized carbons (Fsp3) is 0.667. The normalized spacial score (nSPS) is 28.6. The summed E-state index contributed by atoms with van der Waals surface area (Å²) >= 11 is 6.06. The molecule has 9 nitrogen and oxygen atoms in total. The summed E-state index contributed by atoms with van der Waals surface area (Å²) in [5.41, 5.74) is -1.97. The number of piperidine rings is 1. The molecule has 206 valence electrons. The van der Waals surface area contributed by atoms with Crippen molar-refractivity contribution in [1.29, 1.82) is 0 Å². The Morgan fingerprint density at radius 3 is 2.41 bits per heavy atom. The van der Waals surface area contributed by atoms with Crippen molar-refractivity contribution in [3.63, 3.8) is 0 Å². The number of carboxylic acid groups (broad SMARTS) is 1. The molecule has 1 aliphatic carbocycles. The summed E-state index contributed by atoms with van der Waals surface area (Å²) in [7, 11) is 0. The van der Waals surface area contributed by atoms with Crippen molar-refractivity contribution in [2.45, 2.75) is 77.0 Å². The van der Waals surface area contributed by atoms with E-state index in [0.29, 0.717) is 37.4 Å². The van der Waals surface area contributed by atoms with Crippen molar-refractivity contribution < 1.29 is 29.7 Å². The van der Waals surface area contributed by atoms with E-state index in [-0.39, 0.29) is 31.3 Å². The van der Waals surface area contributed by atoms with E-state index in [2.05, 4.69) is 5.32 Å². The van der Waals surface area contributed by atoms with Crippen molar-refractivity contribution in [2.75, 3.05) is 19.7 Å². The van der Waals surface area contributed by atoms with Crippen molar-refractivity contribution in [3.8, 4) is 0 Å². The van der Waals surface area contributed by atoms with Gasteiger partial charge in [-0.15, -0.1) is 0 Å². The van der Waals surface area contributed by atoms with Crippen molar-refractivity contribution in [3.05, 3.63) is 34.9 Å². The van der Waals surface area contributed by atoms with Gasteiger partial charge in [-0.3, -0.25) is 9.80 Å². The average Bonchev–Trinajstić information content (AvgIpc) is 3.22. The van der Waals surface area contributed by atoms with E-state index >= 15 is 0 Å². The fourth-order valence-electron chi connectivity index (χ4n) is 6.08. The zero-order valence-electron chi connectivity index (χ0n) is 22.1. The first-order valence-electron chi connectivity index (χ1n) is 12.9. The van der Waals surface area contributed by atoms with Gasteiger partial charge < -0.3 is 25.4 Å². The zero-order valence-corrected chi connectivity index (χ0v) is 22.9. The van der Waals surface area contributed by atoms with Gasteiger partial charge in [-0.2, -0.15) is 0 Å². The van der Waals surface area contributed by atoms with Crippen LogP contribution in [0.5, 0.6) is 0 Å². The minimum absolute atomic E-state index is 0.151. The van der Waals surface area contributed by atoms with E-state index in [4.69, 9.17) is 11.6 Å². The van der Waals surface area contributed by atoms with Gasteiger partial charge in [0.25, 0.3) is 0 Å². The number of rotatable bonds is 9. The predicted molar refractivity (Wildman–Crippen MR) is 140 cm³/mol. The van der Waals surface area contributed by atoms with Gasteiger partial charge in [0.1, 0.15) is 12.3 Å². The SMILES string of the molecule is CC(C)[C@H](C=O)N(C(=O)[C@@H]1CCC(CCO)(NC(=O)O)C1)N1CC[C@](O)(c2ccc(Cl)cc2)C(C)(C)C1. The monoisotopic (exact) mass is 537 g/mol. The fourth-order valence-corrected chi connectivity index (χ4v) is 6.21. The van der Waals surface area contributed by atoms with Crippen molar-refractivity contribution >= 4 is 29.9 Å². The molecule has 4 atom stereocenters. The summed E-state index contributed by atoms with van der Waals surface area (Å²) in [6.45, 7) is 8.15. The molecule has 1 saturated heterocycles. The third kappa shape index (κ3) is 5.95. The van der Waals surface area contributed by atoms with Gasteiger partial charge in [-0.1, -0.05) is 51.4 Å². The molecule has 2 amide bonds. The molecule has 0 aromatic heterocycles. The second-order valence-electron chi connectivity index (χ2n) is 11.6. The Kier molecular flexibility index (Phi) is 8.94. The minimum atomic E-state index is -1.19. The predicted octanol–water partition coefficient (Wildman–Crippen LogP) is 3.42. The van der Waals surface area contributed by atoms with E-state index in [1.165, 1.54) is 0 Å². The molecule has 0 radical (unpaired) electrons. The molecule has 1 aromatic carbocycles. The van der Waals surface area contributed by atoms with Crippen LogP contribution in [0.25, 0.3) is 0 Å². The minimum Gasteiger partial charge on any atom is -0.465 e. The highest BCUT2D eigenvalue weighted by atomic mass is 35.5. The average molecular weight is 538 g/mol. The Balaban J connectivity index is 1.90. The molecule has 3 rings (SSSR count). The molecule has 37 heavy (non-hydrogen) atoms. The maximum absolute atomic E-state index is 14.0. The van der Waals surface area contributed by atoms with Crippen LogP contribution in [0.3, 0.4) is 0 Å². The summed E-state index contributed by atoms with van der Waals surface area (Å²) in [6, 6.07) is 6.43. The number of aldehydes is 1. The van der Waals surface area contributed by atoms with Crippen LogP contribution in [0.2, 0.25) is 5.02 Å². The number of hydrogen-bond donors (Lipinski definition) is 4. The number of aliphatic hydroxyl groups is 2. The standard InChI is InChI=1S/C27H40ClN3O6/c1-18(2)22(16-33)31(23(34)19-9-10-26(15-19,12-14-32)29-24(35)36)30-13-11-27(37,25(3,4)17-30)20-5-7-21(28)8-6-20/h5-8,16,18-19,22,29,32,37H,9-15,17H2,1-4H3,(H,35,36)/t19-,22+,26?,27+/m1/s1. The van der Waals surface area contributed by atoms with E-state index in [1.807, 2.05) is 44.8 Å². The Bertz CT molecular complexity index is 987. The maximum atomic E-state index is 14.0. The number of benzene rings is 1. The van der Waals surface area contributed by atoms with Crippen LogP contribution in [0, 0.1) is 17.3 Å². The van der Waals surface area contributed by atoms with Crippen LogP contribution in [0.4, 0.5) is 4.79 Å². The highest BCUT2D eigenvalue weighted by Crippen LogP contribution is 2.47. The summed E-state index contributed by atoms with van der Waals surface area (Å²) in [5, 5.41) is 37.2. The highest BCUT2D eigenvalue weighted by Gasteiger charge is 2.52. The molecule has 1 aliphatic heterocycles. The summed E-state index contributed by atoms with van der Waals surface area (Å²) in [4.78, 5) is 37.7. The van der Waals surface area contributed by atoms with Crippen LogP contribution in [-0.4, -0.2) is 74.9 Å². The van der Waals surface area contributed by atoms with Crippen LogP contribution in [-0.2, 0) is 15.2 Å². The number of hydrogen-bond acceptors (Lipinski definition) is 6. The first-order chi connectivity index (χ1) is 17.3. The van der Waals surface area contributed by atoms with Gasteiger partial charge in [0.2, 0.25) is 5.91 Å². The smallest absolute Gasteiger partial charge is 0.405 e. The Morgan fingerprint density at radius 1 is 1.24 bits per heavy atom. The topological polar surface area (TPSA) is 130 Å². The molecule has 1 unspecified atom stereocenters. The van der Waals surface area contributed by atoms with Gasteiger partial charge in [0.15, 0.2) is 0 Å². The molecule has 1 aromatic rings. The molecule has 2 fully saturated rings. The highest BCUT2D eigenvalue weighted by molar-refractivity contribution is 6.30. The third-order valence-electron chi connectivity index (χ3n) is 8.31. The molecule has 1 heterocycles. The summed E-state index contributed by atoms with van der Waals surface area (Å²) in [6.07, 6.45) is 1.30. The number of amides is 2. The lowest BCUT2D eigenvalue weighted by atomic mass is 9.67. The van der Waals surface area contributed by atoms with Crippen molar-refractivity contribution in [2.24, 2.45) is 17.3 Å². The van der Waals surface area contributed by atoms with Gasteiger partial charge in [-0.05, 0) is 55.7 Å².